The lowest BCUT2D eigenvalue weighted by molar-refractivity contribution is 0.279. The van der Waals surface area contributed by atoms with Gasteiger partial charge in [-0.2, -0.15) is 0 Å². The molecule has 1 unspecified atom stereocenters. The molecule has 0 radical (unpaired) electrons. The Kier molecular flexibility index (Phi) is 7.07. The van der Waals surface area contributed by atoms with Crippen LogP contribution in [0.15, 0.2) is 5.16 Å². The molecule has 5 nitrogen and oxygen atoms in total. The van der Waals surface area contributed by atoms with E-state index in [4.69, 9.17) is 10.9 Å². The summed E-state index contributed by atoms with van der Waals surface area (Å²) >= 11 is 0. The highest BCUT2D eigenvalue weighted by molar-refractivity contribution is 5.82. The van der Waals surface area contributed by atoms with Crippen LogP contribution in [-0.2, 0) is 0 Å². The molecule has 15 heavy (non-hydrogen) atoms. The van der Waals surface area contributed by atoms with Crippen LogP contribution in [0.3, 0.4) is 0 Å². The van der Waals surface area contributed by atoms with Gasteiger partial charge in [0.1, 0.15) is 5.84 Å². The van der Waals surface area contributed by atoms with Crippen LogP contribution in [0.4, 0.5) is 0 Å². The summed E-state index contributed by atoms with van der Waals surface area (Å²) in [4.78, 5) is 4.37. The monoisotopic (exact) mass is 216 g/mol. The number of amidine groups is 1. The van der Waals surface area contributed by atoms with Crippen LogP contribution >= 0.6 is 0 Å². The van der Waals surface area contributed by atoms with Gasteiger partial charge in [0.2, 0.25) is 0 Å². The lowest BCUT2D eigenvalue weighted by Crippen LogP contribution is -2.34. The molecule has 0 amide bonds. The van der Waals surface area contributed by atoms with E-state index in [0.29, 0.717) is 5.84 Å². The lowest BCUT2D eigenvalue weighted by atomic mass is 10.1. The molecule has 0 aliphatic heterocycles. The topological polar surface area (TPSA) is 65.1 Å². The average Bonchev–Trinajstić information content (AvgIpc) is 2.15. The number of oxime groups is 1. The predicted molar refractivity (Wildman–Crippen MR) is 63.2 cm³/mol. The van der Waals surface area contributed by atoms with Gasteiger partial charge in [-0.05, 0) is 40.7 Å². The maximum Gasteiger partial charge on any atom is 0.143 e. The zero-order valence-electron chi connectivity index (χ0n) is 10.3. The zero-order chi connectivity index (χ0) is 11.8. The van der Waals surface area contributed by atoms with Crippen molar-refractivity contribution in [3.63, 3.8) is 0 Å². The van der Waals surface area contributed by atoms with Gasteiger partial charge in [0.15, 0.2) is 0 Å². The molecule has 0 heterocycles. The van der Waals surface area contributed by atoms with Gasteiger partial charge in [-0.3, -0.25) is 0 Å². The fourth-order valence-corrected chi connectivity index (χ4v) is 1.41. The third kappa shape index (κ3) is 7.16. The molecule has 0 aromatic carbocycles. The fourth-order valence-electron chi connectivity index (χ4n) is 1.41. The number of nitrogens with zero attached hydrogens (tertiary/aromatic N) is 3. The largest absolute Gasteiger partial charge is 0.409 e. The highest BCUT2D eigenvalue weighted by Gasteiger charge is 2.10. The van der Waals surface area contributed by atoms with E-state index in [-0.39, 0.29) is 5.92 Å². The second kappa shape index (κ2) is 7.48. The molecule has 90 valence electrons. The van der Waals surface area contributed by atoms with Crippen molar-refractivity contribution in [3.8, 4) is 0 Å². The maximum absolute atomic E-state index is 8.50. The van der Waals surface area contributed by atoms with Crippen LogP contribution in [-0.4, -0.2) is 61.6 Å². The van der Waals surface area contributed by atoms with Gasteiger partial charge >= 0.3 is 0 Å². The smallest absolute Gasteiger partial charge is 0.143 e. The van der Waals surface area contributed by atoms with Crippen molar-refractivity contribution in [2.24, 2.45) is 16.8 Å². The molecule has 0 bridgehead atoms. The highest BCUT2D eigenvalue weighted by atomic mass is 16.4. The Hall–Kier alpha value is -0.810. The van der Waals surface area contributed by atoms with Gasteiger partial charge in [-0.25, -0.2) is 0 Å². The van der Waals surface area contributed by atoms with E-state index in [9.17, 15) is 0 Å². The van der Waals surface area contributed by atoms with Crippen LogP contribution in [0.2, 0.25) is 0 Å². The van der Waals surface area contributed by atoms with Crippen molar-refractivity contribution in [2.75, 3.05) is 40.8 Å². The van der Waals surface area contributed by atoms with Gasteiger partial charge in [0.25, 0.3) is 0 Å². The molecule has 0 saturated carbocycles. The van der Waals surface area contributed by atoms with E-state index in [2.05, 4.69) is 36.1 Å². The summed E-state index contributed by atoms with van der Waals surface area (Å²) in [5.74, 6) is 0.397. The van der Waals surface area contributed by atoms with Crippen LogP contribution in [0.5, 0.6) is 0 Å². The molecule has 0 aliphatic rings. The van der Waals surface area contributed by atoms with Crippen molar-refractivity contribution in [2.45, 2.75) is 13.3 Å². The van der Waals surface area contributed by atoms with E-state index in [1.165, 1.54) is 0 Å². The summed E-state index contributed by atoms with van der Waals surface area (Å²) in [6, 6.07) is 0. The van der Waals surface area contributed by atoms with E-state index in [0.717, 1.165) is 26.1 Å². The van der Waals surface area contributed by atoms with Crippen LogP contribution in [0, 0.1) is 5.92 Å². The first-order valence-corrected chi connectivity index (χ1v) is 5.28. The SMILES string of the molecule is CC(CN(C)CCCN(C)C)C(N)=NO. The van der Waals surface area contributed by atoms with Crippen molar-refractivity contribution in [1.29, 1.82) is 0 Å². The zero-order valence-corrected chi connectivity index (χ0v) is 10.3. The molecular formula is C10H24N4O. The molecule has 1 atom stereocenters. The summed E-state index contributed by atoms with van der Waals surface area (Å²) in [5, 5.41) is 11.5. The van der Waals surface area contributed by atoms with E-state index >= 15 is 0 Å². The highest BCUT2D eigenvalue weighted by Crippen LogP contribution is 1.99. The second-order valence-electron chi connectivity index (χ2n) is 4.34. The Bertz CT molecular complexity index is 194. The molecule has 3 N–H and O–H groups in total. The van der Waals surface area contributed by atoms with Gasteiger partial charge in [-0.15, -0.1) is 0 Å². The second-order valence-corrected chi connectivity index (χ2v) is 4.34. The third-order valence-electron chi connectivity index (χ3n) is 2.35. The van der Waals surface area contributed by atoms with Gasteiger partial charge in [0.05, 0.1) is 0 Å². The molecule has 0 spiro atoms. The molecular weight excluding hydrogens is 192 g/mol. The number of hydrogen-bond acceptors (Lipinski definition) is 4. The Morgan fingerprint density at radius 2 is 1.93 bits per heavy atom. The Morgan fingerprint density at radius 3 is 2.40 bits per heavy atom. The molecule has 0 saturated heterocycles. The number of nitrogens with two attached hydrogens (primary N) is 1. The van der Waals surface area contributed by atoms with Crippen molar-refractivity contribution < 1.29 is 5.21 Å². The minimum Gasteiger partial charge on any atom is -0.409 e. The molecule has 0 rings (SSSR count). The third-order valence-corrected chi connectivity index (χ3v) is 2.35. The van der Waals surface area contributed by atoms with Crippen LogP contribution < -0.4 is 5.73 Å². The summed E-state index contributed by atoms with van der Waals surface area (Å²) < 4.78 is 0. The molecule has 5 heteroatoms. The van der Waals surface area contributed by atoms with Crippen LogP contribution in [0.25, 0.3) is 0 Å². The minimum atomic E-state index is 0.0966. The first-order valence-electron chi connectivity index (χ1n) is 5.28. The summed E-state index contributed by atoms with van der Waals surface area (Å²) in [6.45, 7) is 4.89. The number of rotatable bonds is 7. The fraction of sp³-hybridized carbons (Fsp3) is 0.900. The molecule has 0 aromatic rings. The molecule has 0 fully saturated rings. The minimum absolute atomic E-state index is 0.0966. The van der Waals surface area contributed by atoms with Gasteiger partial charge in [0, 0.05) is 12.5 Å². The van der Waals surface area contributed by atoms with E-state index in [1.54, 1.807) is 0 Å². The quantitative estimate of drug-likeness (QED) is 0.277. The Labute approximate surface area is 92.5 Å². The van der Waals surface area contributed by atoms with Crippen LogP contribution in [0.1, 0.15) is 13.3 Å². The Morgan fingerprint density at radius 1 is 1.33 bits per heavy atom. The number of hydrogen-bond donors (Lipinski definition) is 2. The van der Waals surface area contributed by atoms with Crippen molar-refractivity contribution in [3.05, 3.63) is 0 Å². The van der Waals surface area contributed by atoms with Gasteiger partial charge < -0.3 is 20.7 Å². The first kappa shape index (κ1) is 14.2. The average molecular weight is 216 g/mol. The summed E-state index contributed by atoms with van der Waals surface area (Å²) in [7, 11) is 6.19. The van der Waals surface area contributed by atoms with Crippen molar-refractivity contribution in [1.82, 2.24) is 9.80 Å². The van der Waals surface area contributed by atoms with E-state index in [1.807, 2.05) is 6.92 Å². The standard InChI is InChI=1S/C10H24N4O/c1-9(10(11)12-15)8-14(4)7-5-6-13(2)3/h9,15H,5-8H2,1-4H3,(H2,11,12). The lowest BCUT2D eigenvalue weighted by Gasteiger charge is -2.21. The predicted octanol–water partition coefficient (Wildman–Crippen LogP) is 0.252. The van der Waals surface area contributed by atoms with E-state index < -0.39 is 0 Å². The first-order chi connectivity index (χ1) is 6.97. The normalized spacial score (nSPS) is 14.9. The Balaban J connectivity index is 3.69. The molecule has 0 aromatic heterocycles. The summed E-state index contributed by atoms with van der Waals surface area (Å²) in [5.41, 5.74) is 5.51. The maximum atomic E-state index is 8.50. The van der Waals surface area contributed by atoms with Crippen molar-refractivity contribution >= 4 is 5.84 Å². The van der Waals surface area contributed by atoms with Gasteiger partial charge in [-0.1, -0.05) is 12.1 Å². The molecule has 0 aliphatic carbocycles. The summed E-state index contributed by atoms with van der Waals surface area (Å²) in [6.07, 6.45) is 1.13.